The van der Waals surface area contributed by atoms with Crippen molar-refractivity contribution in [2.24, 2.45) is 15.7 Å². The second kappa shape index (κ2) is 14.9. The van der Waals surface area contributed by atoms with Crippen LogP contribution in [-0.2, 0) is 6.54 Å². The quantitative estimate of drug-likeness (QED) is 0.601. The minimum atomic E-state index is 0.309. The summed E-state index contributed by atoms with van der Waals surface area (Å²) in [5.74, 6) is 1.48. The Hall–Kier alpha value is -3.06. The molecule has 1 aliphatic heterocycles. The Balaban J connectivity index is 0.000000535. The SMILES string of the molecule is C=C(CC)c1ccc(CN)cc1.C=C/C=C1\N=C(C(=C)C)N=C(C(=P)C#N)N1.CC. The average molecular weight is 422 g/mol. The van der Waals surface area contributed by atoms with Gasteiger partial charge in [0, 0.05) is 6.54 Å². The molecule has 0 saturated carbocycles. The molecule has 1 aromatic rings. The number of hydrogen-bond donors (Lipinski definition) is 2. The summed E-state index contributed by atoms with van der Waals surface area (Å²) in [6.07, 6.45) is 4.29. The van der Waals surface area contributed by atoms with Crippen molar-refractivity contribution in [3.63, 3.8) is 0 Å². The molecule has 3 N–H and O–H groups in total. The van der Waals surface area contributed by atoms with Crippen LogP contribution < -0.4 is 11.1 Å². The number of amidine groups is 2. The lowest BCUT2D eigenvalue weighted by Gasteiger charge is -2.15. The number of nitrogens with zero attached hydrogens (tertiary/aromatic N) is 3. The van der Waals surface area contributed by atoms with Gasteiger partial charge in [0.2, 0.25) is 0 Å². The van der Waals surface area contributed by atoms with Gasteiger partial charge in [-0.2, -0.15) is 5.26 Å². The fraction of sp³-hybridized carbons (Fsp3) is 0.250. The van der Waals surface area contributed by atoms with Gasteiger partial charge < -0.3 is 11.1 Å². The number of allylic oxidation sites excluding steroid dienone is 3. The van der Waals surface area contributed by atoms with E-state index in [2.05, 4.69) is 75.1 Å². The van der Waals surface area contributed by atoms with Crippen LogP contribution in [0.15, 0.2) is 77.5 Å². The van der Waals surface area contributed by atoms with Gasteiger partial charge in [0.15, 0.2) is 11.7 Å². The van der Waals surface area contributed by atoms with Gasteiger partial charge in [0.05, 0.1) is 0 Å². The molecule has 0 spiro atoms. The molecule has 2 rings (SSSR count). The first-order valence-electron chi connectivity index (χ1n) is 9.75. The summed E-state index contributed by atoms with van der Waals surface area (Å²) in [7, 11) is 3.17. The lowest BCUT2D eigenvalue weighted by Crippen LogP contribution is -2.32. The van der Waals surface area contributed by atoms with E-state index < -0.39 is 0 Å². The second-order valence-electron chi connectivity index (χ2n) is 5.93. The van der Waals surface area contributed by atoms with Gasteiger partial charge >= 0.3 is 0 Å². The number of nitrogens with two attached hydrogens (primary N) is 1. The molecule has 0 amide bonds. The molecule has 1 aromatic carbocycles. The highest BCUT2D eigenvalue weighted by Crippen LogP contribution is 2.15. The highest BCUT2D eigenvalue weighted by Gasteiger charge is 2.14. The summed E-state index contributed by atoms with van der Waals surface area (Å²) in [5, 5.41) is 12.0. The van der Waals surface area contributed by atoms with Gasteiger partial charge in [-0.3, -0.25) is 0 Å². The first kappa shape index (κ1) is 26.9. The van der Waals surface area contributed by atoms with Crippen LogP contribution in [0.4, 0.5) is 0 Å². The molecule has 0 fully saturated rings. The molecule has 158 valence electrons. The van der Waals surface area contributed by atoms with Gasteiger partial charge in [-0.1, -0.05) is 79.7 Å². The normalized spacial score (nSPS) is 13.0. The first-order chi connectivity index (χ1) is 14.4. The van der Waals surface area contributed by atoms with Gasteiger partial charge in [0.25, 0.3) is 0 Å². The molecule has 0 atom stereocenters. The van der Waals surface area contributed by atoms with Crippen molar-refractivity contribution in [1.29, 1.82) is 5.26 Å². The Morgan fingerprint density at radius 1 is 1.23 bits per heavy atom. The van der Waals surface area contributed by atoms with E-state index >= 15 is 0 Å². The zero-order valence-electron chi connectivity index (χ0n) is 18.4. The Morgan fingerprint density at radius 2 is 1.83 bits per heavy atom. The van der Waals surface area contributed by atoms with Crippen molar-refractivity contribution in [2.45, 2.75) is 40.7 Å². The van der Waals surface area contributed by atoms with Crippen molar-refractivity contribution in [3.05, 3.63) is 78.7 Å². The second-order valence-corrected chi connectivity index (χ2v) is 6.43. The maximum absolute atomic E-state index is 8.77. The number of rotatable bonds is 6. The Morgan fingerprint density at radius 3 is 2.27 bits per heavy atom. The molecule has 0 radical (unpaired) electrons. The van der Waals surface area contributed by atoms with Crippen LogP contribution in [0.25, 0.3) is 5.57 Å². The van der Waals surface area contributed by atoms with E-state index in [0.717, 1.165) is 12.0 Å². The molecule has 6 heteroatoms. The molecular weight excluding hydrogens is 389 g/mol. The van der Waals surface area contributed by atoms with Crippen molar-refractivity contribution >= 4 is 31.4 Å². The van der Waals surface area contributed by atoms with E-state index in [4.69, 9.17) is 11.0 Å². The molecule has 0 aromatic heterocycles. The molecule has 0 bridgehead atoms. The van der Waals surface area contributed by atoms with Crippen LogP contribution in [-0.4, -0.2) is 17.0 Å². The van der Waals surface area contributed by atoms with E-state index in [1.807, 2.05) is 19.9 Å². The molecule has 30 heavy (non-hydrogen) atoms. The van der Waals surface area contributed by atoms with Crippen LogP contribution in [0.1, 0.15) is 45.2 Å². The third-order valence-corrected chi connectivity index (χ3v) is 4.07. The molecule has 0 aliphatic carbocycles. The number of nitriles is 1. The standard InChI is InChI=1S/C11H11N4P.C11H15N.C2H6/c1-4-5-9-13-10(7(2)3)15-11(14-9)8(16)6-12;1-3-9(2)11-6-4-10(8-12)5-7-11;1-2/h4-5,16H,1-2H2,3H3,(H,13,14,15);4-7H,2-3,8,12H2,1H3;1-2H3/b9-5+;;. The number of benzene rings is 1. The van der Waals surface area contributed by atoms with Crippen molar-refractivity contribution < 1.29 is 0 Å². The minimum Gasteiger partial charge on any atom is -0.326 e. The summed E-state index contributed by atoms with van der Waals surface area (Å²) in [5.41, 5.74) is 9.78. The van der Waals surface area contributed by atoms with Crippen LogP contribution in [0, 0.1) is 11.3 Å². The zero-order valence-corrected chi connectivity index (χ0v) is 19.4. The van der Waals surface area contributed by atoms with Crippen LogP contribution in [0.5, 0.6) is 0 Å². The third-order valence-electron chi connectivity index (χ3n) is 3.72. The minimum absolute atomic E-state index is 0.309. The lowest BCUT2D eigenvalue weighted by atomic mass is 10.0. The van der Waals surface area contributed by atoms with E-state index in [-0.39, 0.29) is 0 Å². The number of aliphatic imine (C=N–C) groups is 2. The molecular formula is C24H32N5P. The first-order valence-corrected chi connectivity index (χ1v) is 10.2. The molecule has 1 aliphatic rings. The van der Waals surface area contributed by atoms with Crippen molar-refractivity contribution in [1.82, 2.24) is 5.32 Å². The Bertz CT molecular complexity index is 897. The largest absolute Gasteiger partial charge is 0.326 e. The Kier molecular flexibility index (Phi) is 13.4. The summed E-state index contributed by atoms with van der Waals surface area (Å²) < 4.78 is 0. The average Bonchev–Trinajstić information content (AvgIpc) is 2.79. The van der Waals surface area contributed by atoms with Gasteiger partial charge in [-0.25, -0.2) is 9.98 Å². The van der Waals surface area contributed by atoms with E-state index in [1.54, 1.807) is 19.1 Å². The highest BCUT2D eigenvalue weighted by atomic mass is 31.0. The summed E-state index contributed by atoms with van der Waals surface area (Å²) >= 11 is 0. The lowest BCUT2D eigenvalue weighted by molar-refractivity contribution is 1.06. The molecule has 0 saturated heterocycles. The highest BCUT2D eigenvalue weighted by molar-refractivity contribution is 7.27. The molecule has 5 nitrogen and oxygen atoms in total. The van der Waals surface area contributed by atoms with Crippen LogP contribution in [0.3, 0.4) is 0 Å². The van der Waals surface area contributed by atoms with E-state index in [0.29, 0.717) is 29.3 Å². The number of hydrogen-bond acceptors (Lipinski definition) is 5. The number of nitrogens with one attached hydrogen (secondary N) is 1. The fourth-order valence-electron chi connectivity index (χ4n) is 2.06. The van der Waals surface area contributed by atoms with Crippen molar-refractivity contribution in [3.8, 4) is 6.07 Å². The zero-order chi connectivity index (χ0) is 23.1. The predicted molar refractivity (Wildman–Crippen MR) is 135 cm³/mol. The summed E-state index contributed by atoms with van der Waals surface area (Å²) in [4.78, 5) is 8.36. The van der Waals surface area contributed by atoms with E-state index in [9.17, 15) is 0 Å². The third kappa shape index (κ3) is 8.96. The van der Waals surface area contributed by atoms with Crippen LogP contribution >= 0.6 is 8.86 Å². The maximum atomic E-state index is 8.77. The van der Waals surface area contributed by atoms with Crippen molar-refractivity contribution in [2.75, 3.05) is 0 Å². The molecule has 1 heterocycles. The predicted octanol–water partition coefficient (Wildman–Crippen LogP) is 5.42. The van der Waals surface area contributed by atoms with Gasteiger partial charge in [-0.15, -0.1) is 0 Å². The van der Waals surface area contributed by atoms with E-state index in [1.165, 1.54) is 16.7 Å². The van der Waals surface area contributed by atoms with Crippen LogP contribution in [0.2, 0.25) is 0 Å². The maximum Gasteiger partial charge on any atom is 0.159 e. The van der Waals surface area contributed by atoms with Gasteiger partial charge in [0.1, 0.15) is 17.2 Å². The molecule has 0 unspecified atom stereocenters. The Labute approximate surface area is 183 Å². The summed E-state index contributed by atoms with van der Waals surface area (Å²) in [6.45, 7) is 19.8. The van der Waals surface area contributed by atoms with Gasteiger partial charge in [-0.05, 0) is 41.7 Å². The topological polar surface area (TPSA) is 86.6 Å². The smallest absolute Gasteiger partial charge is 0.159 e. The monoisotopic (exact) mass is 421 g/mol. The fourth-order valence-corrected chi connectivity index (χ4v) is 2.17. The summed E-state index contributed by atoms with van der Waals surface area (Å²) in [6, 6.07) is 10.2.